The van der Waals surface area contributed by atoms with Crippen molar-refractivity contribution in [2.24, 2.45) is 0 Å². The fraction of sp³-hybridized carbons (Fsp3) is 0.400. The third-order valence-corrected chi connectivity index (χ3v) is 9.68. The summed E-state index contributed by atoms with van der Waals surface area (Å²) in [5, 5.41) is 11.3. The summed E-state index contributed by atoms with van der Waals surface area (Å²) in [7, 11) is -2.11. The molecule has 5 rings (SSSR count). The van der Waals surface area contributed by atoms with Crippen LogP contribution in [0.3, 0.4) is 0 Å². The standard InChI is InChI=1S/C30H36N2O4S/c1-22-4-8-24(9-5-22)20-30(33)14-16-31(17-15-30)21-26-18-25-19-27(36-3)10-13-29(25)32(26)37(34,35)28-11-6-23(2)7-12-28/h4-13,19,26,33H,14-18,20-21H2,1-3H3. The lowest BCUT2D eigenvalue weighted by molar-refractivity contribution is -0.0214. The molecule has 1 unspecified atom stereocenters. The zero-order valence-electron chi connectivity index (χ0n) is 21.9. The second kappa shape index (κ2) is 10.1. The van der Waals surface area contributed by atoms with Gasteiger partial charge in [-0.05, 0) is 74.6 Å². The third-order valence-electron chi connectivity index (χ3n) is 7.80. The molecule has 3 aromatic carbocycles. The van der Waals surface area contributed by atoms with E-state index < -0.39 is 15.6 Å². The first-order chi connectivity index (χ1) is 17.7. The molecule has 7 heteroatoms. The second-order valence-electron chi connectivity index (χ2n) is 10.7. The maximum atomic E-state index is 13.9. The molecule has 1 atom stereocenters. The number of benzene rings is 3. The van der Waals surface area contributed by atoms with Gasteiger partial charge in [0.15, 0.2) is 0 Å². The Hall–Kier alpha value is -2.87. The Bertz CT molecular complexity index is 1350. The summed E-state index contributed by atoms with van der Waals surface area (Å²) in [6, 6.07) is 20.8. The highest BCUT2D eigenvalue weighted by molar-refractivity contribution is 7.92. The number of ether oxygens (including phenoxy) is 1. The second-order valence-corrected chi connectivity index (χ2v) is 12.5. The molecule has 0 saturated carbocycles. The number of likely N-dealkylation sites (tertiary alicyclic amines) is 1. The Kier molecular flexibility index (Phi) is 7.05. The van der Waals surface area contributed by atoms with Crippen LogP contribution in [0.15, 0.2) is 71.6 Å². The van der Waals surface area contributed by atoms with E-state index in [9.17, 15) is 13.5 Å². The lowest BCUT2D eigenvalue weighted by Crippen LogP contribution is -2.51. The highest BCUT2D eigenvalue weighted by Crippen LogP contribution is 2.39. The lowest BCUT2D eigenvalue weighted by Gasteiger charge is -2.40. The van der Waals surface area contributed by atoms with Crippen LogP contribution in [0, 0.1) is 13.8 Å². The number of aryl methyl sites for hydroxylation is 2. The maximum Gasteiger partial charge on any atom is 0.264 e. The van der Waals surface area contributed by atoms with Gasteiger partial charge >= 0.3 is 0 Å². The van der Waals surface area contributed by atoms with Crippen LogP contribution in [-0.2, 0) is 22.9 Å². The van der Waals surface area contributed by atoms with Crippen molar-refractivity contribution in [2.45, 2.75) is 56.1 Å². The van der Waals surface area contributed by atoms with Gasteiger partial charge in [0.05, 0.1) is 29.3 Å². The largest absolute Gasteiger partial charge is 0.497 e. The minimum absolute atomic E-state index is 0.225. The van der Waals surface area contributed by atoms with Crippen LogP contribution in [0.25, 0.3) is 0 Å². The summed E-state index contributed by atoms with van der Waals surface area (Å²) in [4.78, 5) is 2.60. The van der Waals surface area contributed by atoms with Crippen molar-refractivity contribution in [3.8, 4) is 5.75 Å². The number of aliphatic hydroxyl groups is 1. The highest BCUT2D eigenvalue weighted by atomic mass is 32.2. The number of anilines is 1. The molecule has 1 fully saturated rings. The molecule has 37 heavy (non-hydrogen) atoms. The molecule has 0 amide bonds. The normalized spacial score (nSPS) is 19.6. The van der Waals surface area contributed by atoms with Gasteiger partial charge in [0, 0.05) is 26.1 Å². The predicted molar refractivity (Wildman–Crippen MR) is 147 cm³/mol. The number of hydrogen-bond donors (Lipinski definition) is 1. The van der Waals surface area contributed by atoms with Crippen molar-refractivity contribution in [1.29, 1.82) is 0 Å². The van der Waals surface area contributed by atoms with Crippen LogP contribution in [0.1, 0.15) is 35.1 Å². The number of sulfonamides is 1. The zero-order valence-corrected chi connectivity index (χ0v) is 22.7. The first-order valence-electron chi connectivity index (χ1n) is 13.0. The molecule has 2 heterocycles. The van der Waals surface area contributed by atoms with E-state index >= 15 is 0 Å². The average Bonchev–Trinajstić information content (AvgIpc) is 3.25. The number of methoxy groups -OCH3 is 1. The van der Waals surface area contributed by atoms with Crippen molar-refractivity contribution in [3.05, 3.63) is 89.0 Å². The first-order valence-corrected chi connectivity index (χ1v) is 14.4. The van der Waals surface area contributed by atoms with E-state index in [0.717, 1.165) is 41.2 Å². The molecule has 0 bridgehead atoms. The van der Waals surface area contributed by atoms with Crippen LogP contribution in [-0.4, -0.2) is 56.8 Å². The van der Waals surface area contributed by atoms with Crippen LogP contribution >= 0.6 is 0 Å². The minimum Gasteiger partial charge on any atom is -0.497 e. The Labute approximate surface area is 220 Å². The maximum absolute atomic E-state index is 13.9. The predicted octanol–water partition coefficient (Wildman–Crippen LogP) is 4.50. The van der Waals surface area contributed by atoms with E-state index in [2.05, 4.69) is 36.1 Å². The van der Waals surface area contributed by atoms with Gasteiger partial charge in [-0.25, -0.2) is 8.42 Å². The fourth-order valence-electron chi connectivity index (χ4n) is 5.60. The summed E-state index contributed by atoms with van der Waals surface area (Å²) in [5.74, 6) is 0.728. The molecule has 0 radical (unpaired) electrons. The van der Waals surface area contributed by atoms with E-state index in [0.29, 0.717) is 37.1 Å². The highest BCUT2D eigenvalue weighted by Gasteiger charge is 2.41. The summed E-state index contributed by atoms with van der Waals surface area (Å²) >= 11 is 0. The van der Waals surface area contributed by atoms with Gasteiger partial charge in [-0.1, -0.05) is 47.5 Å². The van der Waals surface area contributed by atoms with Crippen LogP contribution in [0.2, 0.25) is 0 Å². The molecular formula is C30H36N2O4S. The Morgan fingerprint density at radius 1 is 0.946 bits per heavy atom. The van der Waals surface area contributed by atoms with Gasteiger partial charge in [-0.2, -0.15) is 0 Å². The van der Waals surface area contributed by atoms with Crippen molar-refractivity contribution >= 4 is 15.7 Å². The summed E-state index contributed by atoms with van der Waals surface area (Å²) in [6.07, 6.45) is 2.60. The van der Waals surface area contributed by atoms with Crippen LogP contribution in [0.5, 0.6) is 5.75 Å². The number of hydrogen-bond acceptors (Lipinski definition) is 5. The van der Waals surface area contributed by atoms with Gasteiger partial charge in [0.1, 0.15) is 5.75 Å². The van der Waals surface area contributed by atoms with Crippen molar-refractivity contribution in [2.75, 3.05) is 31.0 Å². The average molecular weight is 521 g/mol. The van der Waals surface area contributed by atoms with Gasteiger partial charge < -0.3 is 14.7 Å². The number of rotatable bonds is 7. The Morgan fingerprint density at radius 3 is 2.19 bits per heavy atom. The van der Waals surface area contributed by atoms with E-state index in [-0.39, 0.29) is 6.04 Å². The van der Waals surface area contributed by atoms with E-state index in [1.54, 1.807) is 23.5 Å². The number of fused-ring (bicyclic) bond motifs is 1. The molecule has 2 aliphatic heterocycles. The Morgan fingerprint density at radius 2 is 1.57 bits per heavy atom. The summed E-state index contributed by atoms with van der Waals surface area (Å²) < 4.78 is 34.8. The molecule has 1 N–H and O–H groups in total. The molecule has 2 aliphatic rings. The smallest absolute Gasteiger partial charge is 0.264 e. The van der Waals surface area contributed by atoms with Gasteiger partial charge in [0.2, 0.25) is 0 Å². The van der Waals surface area contributed by atoms with E-state index in [1.807, 2.05) is 37.3 Å². The Balaban J connectivity index is 1.34. The van der Waals surface area contributed by atoms with E-state index in [4.69, 9.17) is 4.74 Å². The molecule has 0 aliphatic carbocycles. The topological polar surface area (TPSA) is 70.1 Å². The molecule has 1 saturated heterocycles. The van der Waals surface area contributed by atoms with Crippen molar-refractivity contribution in [3.63, 3.8) is 0 Å². The molecule has 3 aromatic rings. The van der Waals surface area contributed by atoms with Crippen molar-refractivity contribution < 1.29 is 18.3 Å². The number of piperidine rings is 1. The molecule has 0 aromatic heterocycles. The first kappa shape index (κ1) is 25.8. The summed E-state index contributed by atoms with van der Waals surface area (Å²) in [5.41, 5.74) is 4.36. The monoisotopic (exact) mass is 520 g/mol. The van der Waals surface area contributed by atoms with E-state index in [1.165, 1.54) is 5.56 Å². The zero-order chi connectivity index (χ0) is 26.2. The van der Waals surface area contributed by atoms with Gasteiger partial charge in [-0.3, -0.25) is 4.31 Å². The summed E-state index contributed by atoms with van der Waals surface area (Å²) in [6.45, 7) is 6.10. The van der Waals surface area contributed by atoms with Crippen LogP contribution in [0.4, 0.5) is 5.69 Å². The quantitative estimate of drug-likeness (QED) is 0.497. The lowest BCUT2D eigenvalue weighted by atomic mass is 9.85. The van der Waals surface area contributed by atoms with Crippen LogP contribution < -0.4 is 9.04 Å². The molecule has 6 nitrogen and oxygen atoms in total. The van der Waals surface area contributed by atoms with Gasteiger partial charge in [-0.15, -0.1) is 0 Å². The SMILES string of the molecule is COc1ccc2c(c1)CC(CN1CCC(O)(Cc3ccc(C)cc3)CC1)N2S(=O)(=O)c1ccc(C)cc1. The molecule has 196 valence electrons. The molecular weight excluding hydrogens is 484 g/mol. The minimum atomic E-state index is -3.74. The fourth-order valence-corrected chi connectivity index (χ4v) is 7.28. The molecule has 0 spiro atoms. The van der Waals surface area contributed by atoms with Gasteiger partial charge in [0.25, 0.3) is 10.0 Å². The number of nitrogens with zero attached hydrogens (tertiary/aromatic N) is 2. The van der Waals surface area contributed by atoms with Crippen molar-refractivity contribution in [1.82, 2.24) is 4.90 Å². The third kappa shape index (κ3) is 5.40.